The molecule has 11 heteroatoms. The Hall–Kier alpha value is -1.26. The molecule has 0 saturated heterocycles. The summed E-state index contributed by atoms with van der Waals surface area (Å²) in [7, 11) is 0. The van der Waals surface area contributed by atoms with Gasteiger partial charge in [-0.25, -0.2) is 0 Å². The standard InChI is InChI=1S/C5F8O3/c6-1(14)3(8,5(11,12)13)16-4(9,10)2(7)15. The number of halogens is 8. The highest BCUT2D eigenvalue weighted by Crippen LogP contribution is 2.40. The normalized spacial score (nSPS) is 16.8. The van der Waals surface area contributed by atoms with Crippen LogP contribution < -0.4 is 0 Å². The number of carbonyl (C=O) groups is 2. The summed E-state index contributed by atoms with van der Waals surface area (Å²) in [5, 5.41) is 0. The van der Waals surface area contributed by atoms with Gasteiger partial charge in [0.05, 0.1) is 0 Å². The third kappa shape index (κ3) is 2.65. The Morgan fingerprint density at radius 2 is 1.19 bits per heavy atom. The molecule has 0 aromatic heterocycles. The van der Waals surface area contributed by atoms with Crippen LogP contribution in [0, 0.1) is 0 Å². The van der Waals surface area contributed by atoms with E-state index in [4.69, 9.17) is 0 Å². The molecular weight excluding hydrogens is 260 g/mol. The van der Waals surface area contributed by atoms with Gasteiger partial charge < -0.3 is 0 Å². The maximum Gasteiger partial charge on any atom is 0.459 e. The second kappa shape index (κ2) is 3.96. The zero-order valence-corrected chi connectivity index (χ0v) is 6.75. The van der Waals surface area contributed by atoms with Gasteiger partial charge in [-0.3, -0.25) is 14.3 Å². The van der Waals surface area contributed by atoms with E-state index in [1.165, 1.54) is 0 Å². The molecule has 0 saturated carbocycles. The monoisotopic (exact) mass is 260 g/mol. The zero-order chi connectivity index (χ0) is 13.4. The number of hydrogen-bond donors (Lipinski definition) is 0. The first-order valence-electron chi connectivity index (χ1n) is 3.08. The van der Waals surface area contributed by atoms with Gasteiger partial charge in [0, 0.05) is 0 Å². The highest BCUT2D eigenvalue weighted by molar-refractivity contribution is 5.79. The molecule has 0 aromatic rings. The minimum atomic E-state index is -6.54. The second-order valence-corrected chi connectivity index (χ2v) is 2.26. The van der Waals surface area contributed by atoms with Crippen molar-refractivity contribution in [3.05, 3.63) is 0 Å². The van der Waals surface area contributed by atoms with Crippen molar-refractivity contribution in [1.82, 2.24) is 0 Å². The van der Waals surface area contributed by atoms with Crippen LogP contribution in [0.4, 0.5) is 35.1 Å². The lowest BCUT2D eigenvalue weighted by atomic mass is 10.3. The first-order chi connectivity index (χ1) is 6.84. The Balaban J connectivity index is 5.29. The van der Waals surface area contributed by atoms with Crippen LogP contribution in [0.1, 0.15) is 0 Å². The average Bonchev–Trinajstić information content (AvgIpc) is 2.00. The van der Waals surface area contributed by atoms with Crippen molar-refractivity contribution in [3.63, 3.8) is 0 Å². The van der Waals surface area contributed by atoms with Crippen molar-refractivity contribution in [2.24, 2.45) is 0 Å². The Labute approximate surface area is 81.0 Å². The van der Waals surface area contributed by atoms with Crippen molar-refractivity contribution in [3.8, 4) is 0 Å². The zero-order valence-electron chi connectivity index (χ0n) is 6.75. The Morgan fingerprint density at radius 3 is 1.38 bits per heavy atom. The minimum Gasteiger partial charge on any atom is -0.258 e. The first-order valence-corrected chi connectivity index (χ1v) is 3.08. The van der Waals surface area contributed by atoms with E-state index in [1.54, 1.807) is 0 Å². The fourth-order valence-electron chi connectivity index (χ4n) is 0.426. The summed E-state index contributed by atoms with van der Waals surface area (Å²) in [6.45, 7) is 0. The van der Waals surface area contributed by atoms with Gasteiger partial charge >= 0.3 is 30.2 Å². The van der Waals surface area contributed by atoms with Gasteiger partial charge in [-0.15, -0.1) is 0 Å². The van der Waals surface area contributed by atoms with Crippen molar-refractivity contribution in [2.45, 2.75) is 18.1 Å². The largest absolute Gasteiger partial charge is 0.459 e. The summed E-state index contributed by atoms with van der Waals surface area (Å²) in [6.07, 6.45) is -12.5. The van der Waals surface area contributed by atoms with Crippen LogP contribution in [0.3, 0.4) is 0 Å². The molecule has 0 aliphatic rings. The molecule has 0 spiro atoms. The molecule has 0 fully saturated rings. The van der Waals surface area contributed by atoms with E-state index < -0.39 is 30.2 Å². The molecule has 3 nitrogen and oxygen atoms in total. The van der Waals surface area contributed by atoms with Gasteiger partial charge in [0.2, 0.25) is 0 Å². The van der Waals surface area contributed by atoms with Crippen LogP contribution in [0.25, 0.3) is 0 Å². The predicted octanol–water partition coefficient (Wildman–Crippen LogP) is 1.82. The molecule has 0 rings (SSSR count). The van der Waals surface area contributed by atoms with Crippen LogP contribution in [0.2, 0.25) is 0 Å². The number of ether oxygens (including phenoxy) is 1. The second-order valence-electron chi connectivity index (χ2n) is 2.26. The van der Waals surface area contributed by atoms with Crippen molar-refractivity contribution in [1.29, 1.82) is 0 Å². The van der Waals surface area contributed by atoms with Gasteiger partial charge in [0.15, 0.2) is 0 Å². The Kier molecular flexibility index (Phi) is 3.65. The lowest BCUT2D eigenvalue weighted by molar-refractivity contribution is -0.385. The molecule has 16 heavy (non-hydrogen) atoms. The quantitative estimate of drug-likeness (QED) is 0.572. The number of rotatable bonds is 4. The molecular formula is C5F8O3. The van der Waals surface area contributed by atoms with Crippen LogP contribution in [-0.2, 0) is 14.3 Å². The Bertz CT molecular complexity index is 309. The summed E-state index contributed by atoms with van der Waals surface area (Å²) in [5.74, 6) is -6.11. The molecule has 94 valence electrons. The smallest absolute Gasteiger partial charge is 0.258 e. The number of hydrogen-bond acceptors (Lipinski definition) is 3. The van der Waals surface area contributed by atoms with E-state index in [-0.39, 0.29) is 0 Å². The van der Waals surface area contributed by atoms with E-state index in [2.05, 4.69) is 0 Å². The number of alkyl halides is 6. The van der Waals surface area contributed by atoms with Crippen LogP contribution >= 0.6 is 0 Å². The third-order valence-electron chi connectivity index (χ3n) is 1.12. The van der Waals surface area contributed by atoms with E-state index in [1.807, 2.05) is 4.74 Å². The molecule has 0 N–H and O–H groups in total. The highest BCUT2D eigenvalue weighted by atomic mass is 19.4. The van der Waals surface area contributed by atoms with E-state index >= 15 is 0 Å². The summed E-state index contributed by atoms with van der Waals surface area (Å²) in [6, 6.07) is -7.82. The summed E-state index contributed by atoms with van der Waals surface area (Å²) in [4.78, 5) is 18.9. The lowest BCUT2D eigenvalue weighted by Crippen LogP contribution is -2.54. The van der Waals surface area contributed by atoms with Crippen molar-refractivity contribution >= 4 is 12.1 Å². The van der Waals surface area contributed by atoms with E-state index in [0.717, 1.165) is 0 Å². The summed E-state index contributed by atoms with van der Waals surface area (Å²) >= 11 is 0. The average molecular weight is 260 g/mol. The van der Waals surface area contributed by atoms with Crippen LogP contribution in [0.5, 0.6) is 0 Å². The lowest BCUT2D eigenvalue weighted by Gasteiger charge is -2.25. The minimum absolute atomic E-state index is 1.94. The van der Waals surface area contributed by atoms with Gasteiger partial charge in [-0.2, -0.15) is 35.1 Å². The van der Waals surface area contributed by atoms with Crippen LogP contribution in [0.15, 0.2) is 0 Å². The number of carbonyl (C=O) groups excluding carboxylic acids is 2. The van der Waals surface area contributed by atoms with E-state index in [0.29, 0.717) is 0 Å². The molecule has 0 aliphatic heterocycles. The molecule has 0 radical (unpaired) electrons. The molecule has 0 heterocycles. The van der Waals surface area contributed by atoms with E-state index in [9.17, 15) is 44.7 Å². The van der Waals surface area contributed by atoms with Crippen molar-refractivity contribution < 1.29 is 49.4 Å². The summed E-state index contributed by atoms with van der Waals surface area (Å²) < 4.78 is 96.1. The molecule has 0 bridgehead atoms. The maximum absolute atomic E-state index is 12.4. The molecule has 0 aliphatic carbocycles. The predicted molar refractivity (Wildman–Crippen MR) is 28.2 cm³/mol. The topological polar surface area (TPSA) is 43.4 Å². The summed E-state index contributed by atoms with van der Waals surface area (Å²) in [5.41, 5.74) is 0. The molecule has 1 unspecified atom stereocenters. The molecule has 0 aromatic carbocycles. The Morgan fingerprint density at radius 1 is 0.812 bits per heavy atom. The highest BCUT2D eigenvalue weighted by Gasteiger charge is 2.69. The van der Waals surface area contributed by atoms with Crippen LogP contribution in [-0.4, -0.2) is 30.2 Å². The van der Waals surface area contributed by atoms with Gasteiger partial charge in [-0.1, -0.05) is 0 Å². The fraction of sp³-hybridized carbons (Fsp3) is 0.600. The van der Waals surface area contributed by atoms with Gasteiger partial charge in [-0.05, 0) is 0 Å². The SMILES string of the molecule is O=C(F)C(F)(F)OC(F)(C(=O)F)C(F)(F)F. The van der Waals surface area contributed by atoms with Gasteiger partial charge in [0.25, 0.3) is 0 Å². The molecule has 1 atom stereocenters. The van der Waals surface area contributed by atoms with Crippen molar-refractivity contribution in [2.75, 3.05) is 0 Å². The third-order valence-corrected chi connectivity index (χ3v) is 1.12. The maximum atomic E-state index is 12.4. The first kappa shape index (κ1) is 14.7. The fourth-order valence-corrected chi connectivity index (χ4v) is 0.426. The molecule has 0 amide bonds. The van der Waals surface area contributed by atoms with Gasteiger partial charge in [0.1, 0.15) is 0 Å².